The van der Waals surface area contributed by atoms with Crippen LogP contribution in [0.25, 0.3) is 0 Å². The number of thiazole rings is 1. The van der Waals surface area contributed by atoms with Gasteiger partial charge < -0.3 is 34.8 Å². The van der Waals surface area contributed by atoms with Gasteiger partial charge in [0.15, 0.2) is 10.8 Å². The molecule has 1 saturated heterocycles. The van der Waals surface area contributed by atoms with E-state index < -0.39 is 47.7 Å². The molecule has 2 aliphatic heterocycles. The lowest BCUT2D eigenvalue weighted by Gasteiger charge is -2.49. The Morgan fingerprint density at radius 2 is 1.97 bits per heavy atom. The molecular weight excluding hydrogens is 530 g/mol. The fourth-order valence-corrected chi connectivity index (χ4v) is 5.43. The standard InChI is InChI=1S/C21H27N5O9S2/c1-9(2)33-21(30)35-10(3)34-19(29)15-11(7-31-4)8-36-18-14(17(28)26(15)18)24-16(27)13(25-32-5)12-6-23-20(22)37-12/h6,9-10,14,18H,7-8H2,1-5H3,(H2,22,23)(H,24,27)/b25-13+. The molecule has 37 heavy (non-hydrogen) atoms. The minimum absolute atomic E-state index is 0.0326. The molecule has 0 aromatic carbocycles. The van der Waals surface area contributed by atoms with Gasteiger partial charge in [-0.15, -0.1) is 11.8 Å². The second-order valence-electron chi connectivity index (χ2n) is 7.94. The van der Waals surface area contributed by atoms with Crippen molar-refractivity contribution in [2.75, 3.05) is 32.3 Å². The van der Waals surface area contributed by atoms with Gasteiger partial charge in [-0.3, -0.25) is 14.5 Å². The van der Waals surface area contributed by atoms with E-state index in [1.54, 1.807) is 13.8 Å². The van der Waals surface area contributed by atoms with Crippen LogP contribution < -0.4 is 11.1 Å². The number of nitrogens with zero attached hydrogens (tertiary/aromatic N) is 3. The van der Waals surface area contributed by atoms with Crippen LogP contribution in [0.2, 0.25) is 0 Å². The van der Waals surface area contributed by atoms with Crippen LogP contribution in [0.1, 0.15) is 25.6 Å². The summed E-state index contributed by atoms with van der Waals surface area (Å²) in [4.78, 5) is 61.0. The van der Waals surface area contributed by atoms with Gasteiger partial charge in [0.05, 0.1) is 17.6 Å². The number of aromatic nitrogens is 1. The molecule has 3 atom stereocenters. The molecule has 2 aliphatic rings. The summed E-state index contributed by atoms with van der Waals surface area (Å²) in [7, 11) is 2.72. The molecule has 3 N–H and O–H groups in total. The number of carbonyl (C=O) groups is 4. The molecule has 1 fully saturated rings. The first-order valence-electron chi connectivity index (χ1n) is 10.9. The van der Waals surface area contributed by atoms with Gasteiger partial charge >= 0.3 is 12.1 Å². The van der Waals surface area contributed by atoms with Crippen LogP contribution in [0.5, 0.6) is 0 Å². The average molecular weight is 558 g/mol. The maximum absolute atomic E-state index is 13.1. The lowest BCUT2D eigenvalue weighted by molar-refractivity contribution is -0.169. The molecule has 2 amide bonds. The van der Waals surface area contributed by atoms with E-state index in [2.05, 4.69) is 15.5 Å². The van der Waals surface area contributed by atoms with Crippen LogP contribution in [0.4, 0.5) is 9.93 Å². The van der Waals surface area contributed by atoms with E-state index in [9.17, 15) is 19.2 Å². The third kappa shape index (κ3) is 6.50. The second-order valence-corrected chi connectivity index (χ2v) is 10.1. The molecule has 0 saturated carbocycles. The lowest BCUT2D eigenvalue weighted by Crippen LogP contribution is -2.71. The summed E-state index contributed by atoms with van der Waals surface area (Å²) in [6.45, 7) is 4.68. The first-order chi connectivity index (χ1) is 17.6. The molecule has 16 heteroatoms. The zero-order chi connectivity index (χ0) is 27.3. The Morgan fingerprint density at radius 1 is 1.24 bits per heavy atom. The average Bonchev–Trinajstić information content (AvgIpc) is 3.25. The lowest BCUT2D eigenvalue weighted by atomic mass is 10.0. The SMILES string of the molecule is COCC1=C(C(=O)OC(C)OC(=O)OC(C)C)N2C(=O)C(NC(=O)/C(=N/OC)c3cnc(N)s3)C2SC1. The normalized spacial score (nSPS) is 20.1. The molecular formula is C21H27N5O9S2. The summed E-state index contributed by atoms with van der Waals surface area (Å²) in [5.41, 5.74) is 6.02. The molecule has 0 spiro atoms. The van der Waals surface area contributed by atoms with Crippen molar-refractivity contribution in [2.24, 2.45) is 5.16 Å². The molecule has 0 radical (unpaired) electrons. The smallest absolute Gasteiger partial charge is 0.431 e. The number of methoxy groups -OCH3 is 1. The molecule has 202 valence electrons. The Labute approximate surface area is 220 Å². The van der Waals surface area contributed by atoms with Crippen molar-refractivity contribution in [2.45, 2.75) is 44.6 Å². The Bertz CT molecular complexity index is 1120. The van der Waals surface area contributed by atoms with Gasteiger partial charge in [0.25, 0.3) is 11.8 Å². The predicted octanol–water partition coefficient (Wildman–Crippen LogP) is 0.827. The van der Waals surface area contributed by atoms with Crippen molar-refractivity contribution in [3.05, 3.63) is 22.3 Å². The van der Waals surface area contributed by atoms with Gasteiger partial charge in [0.1, 0.15) is 24.2 Å². The number of anilines is 1. The number of nitrogen functional groups attached to an aromatic ring is 1. The molecule has 1 aromatic heterocycles. The molecule has 0 bridgehead atoms. The Morgan fingerprint density at radius 3 is 2.57 bits per heavy atom. The van der Waals surface area contributed by atoms with Crippen LogP contribution in [0.15, 0.2) is 22.6 Å². The fraction of sp³-hybridized carbons (Fsp3) is 0.524. The third-order valence-electron chi connectivity index (χ3n) is 4.87. The molecule has 1 aromatic rings. The van der Waals surface area contributed by atoms with E-state index in [0.717, 1.165) is 11.3 Å². The van der Waals surface area contributed by atoms with E-state index in [1.807, 2.05) is 0 Å². The molecule has 3 rings (SSSR count). The quantitative estimate of drug-likeness (QED) is 0.136. The summed E-state index contributed by atoms with van der Waals surface area (Å²) in [5, 5.41) is 6.00. The monoisotopic (exact) mass is 557 g/mol. The van der Waals surface area contributed by atoms with Gasteiger partial charge in [-0.2, -0.15) is 0 Å². The van der Waals surface area contributed by atoms with Gasteiger partial charge in [-0.1, -0.05) is 16.5 Å². The summed E-state index contributed by atoms with van der Waals surface area (Å²) < 4.78 is 20.2. The van der Waals surface area contributed by atoms with E-state index >= 15 is 0 Å². The largest absolute Gasteiger partial charge is 0.511 e. The third-order valence-corrected chi connectivity index (χ3v) is 7.04. The zero-order valence-electron chi connectivity index (χ0n) is 20.7. The van der Waals surface area contributed by atoms with Crippen LogP contribution in [-0.2, 0) is 38.2 Å². The van der Waals surface area contributed by atoms with Gasteiger partial charge in [-0.05, 0) is 19.4 Å². The minimum atomic E-state index is -1.28. The number of hydrogen-bond donors (Lipinski definition) is 2. The number of fused-ring (bicyclic) bond motifs is 1. The number of rotatable bonds is 10. The Kier molecular flexibility index (Phi) is 9.34. The summed E-state index contributed by atoms with van der Waals surface area (Å²) >= 11 is 2.37. The number of amides is 2. The Hall–Kier alpha value is -3.37. The second kappa shape index (κ2) is 12.2. The minimum Gasteiger partial charge on any atom is -0.431 e. The number of carbonyl (C=O) groups excluding carboxylic acids is 4. The number of hydrogen-bond acceptors (Lipinski definition) is 14. The number of nitrogens with two attached hydrogens (primary N) is 1. The summed E-state index contributed by atoms with van der Waals surface area (Å²) in [6, 6.07) is -0.952. The molecule has 14 nitrogen and oxygen atoms in total. The van der Waals surface area contributed by atoms with Crippen molar-refractivity contribution in [3.63, 3.8) is 0 Å². The Balaban J connectivity index is 1.74. The van der Waals surface area contributed by atoms with E-state index in [-0.39, 0.29) is 23.1 Å². The van der Waals surface area contributed by atoms with Crippen molar-refractivity contribution in [3.8, 4) is 0 Å². The van der Waals surface area contributed by atoms with Gasteiger partial charge in [-0.25, -0.2) is 14.6 Å². The van der Waals surface area contributed by atoms with Crippen molar-refractivity contribution >= 4 is 57.9 Å². The number of nitrogens with one attached hydrogen (secondary N) is 1. The highest BCUT2D eigenvalue weighted by Gasteiger charge is 2.55. The maximum atomic E-state index is 13.1. The summed E-state index contributed by atoms with van der Waals surface area (Å²) in [6.07, 6.45) is -1.33. The summed E-state index contributed by atoms with van der Waals surface area (Å²) in [5.74, 6) is -1.78. The van der Waals surface area contributed by atoms with Crippen molar-refractivity contribution < 1.29 is 43.0 Å². The zero-order valence-corrected chi connectivity index (χ0v) is 22.3. The van der Waals surface area contributed by atoms with Crippen LogP contribution in [0.3, 0.4) is 0 Å². The van der Waals surface area contributed by atoms with E-state index in [1.165, 1.54) is 44.0 Å². The van der Waals surface area contributed by atoms with E-state index in [0.29, 0.717) is 16.2 Å². The predicted molar refractivity (Wildman–Crippen MR) is 132 cm³/mol. The maximum Gasteiger partial charge on any atom is 0.511 e. The number of oxime groups is 1. The molecule has 0 aliphatic carbocycles. The topological polar surface area (TPSA) is 181 Å². The fourth-order valence-electron chi connectivity index (χ4n) is 3.44. The number of ether oxygens (including phenoxy) is 4. The van der Waals surface area contributed by atoms with Crippen molar-refractivity contribution in [1.29, 1.82) is 0 Å². The number of esters is 1. The first kappa shape index (κ1) is 28.2. The highest BCUT2D eigenvalue weighted by molar-refractivity contribution is 8.00. The first-order valence-corrected chi connectivity index (χ1v) is 12.8. The van der Waals surface area contributed by atoms with Crippen LogP contribution in [0, 0.1) is 0 Å². The molecule has 3 unspecified atom stereocenters. The highest BCUT2D eigenvalue weighted by Crippen LogP contribution is 2.41. The van der Waals surface area contributed by atoms with E-state index in [4.69, 9.17) is 29.5 Å². The molecule has 3 heterocycles. The number of thioether (sulfide) groups is 1. The van der Waals surface area contributed by atoms with Gasteiger partial charge in [0.2, 0.25) is 6.29 Å². The number of β-lactam (4-membered cyclic amide) rings is 1. The van der Waals surface area contributed by atoms with Gasteiger partial charge in [0, 0.05) is 26.0 Å². The van der Waals surface area contributed by atoms with Crippen LogP contribution in [-0.4, -0.2) is 89.9 Å². The highest BCUT2D eigenvalue weighted by atomic mass is 32.2. The van der Waals surface area contributed by atoms with Crippen molar-refractivity contribution in [1.82, 2.24) is 15.2 Å². The van der Waals surface area contributed by atoms with Crippen LogP contribution >= 0.6 is 23.1 Å².